The molecule has 4 nitrogen and oxygen atoms in total. The molecule has 25 heavy (non-hydrogen) atoms. The van der Waals surface area contributed by atoms with E-state index in [0.29, 0.717) is 12.2 Å². The summed E-state index contributed by atoms with van der Waals surface area (Å²) in [7, 11) is 0. The third kappa shape index (κ3) is 5.26. The molecule has 0 aliphatic carbocycles. The smallest absolute Gasteiger partial charge is 0.238 e. The summed E-state index contributed by atoms with van der Waals surface area (Å²) in [6.45, 7) is 4.55. The number of benzene rings is 2. The van der Waals surface area contributed by atoms with Gasteiger partial charge in [0.15, 0.2) is 0 Å². The molecule has 0 atom stereocenters. The Balaban J connectivity index is 1.44. The van der Waals surface area contributed by atoms with Crippen LogP contribution in [0.3, 0.4) is 0 Å². The molecule has 1 N–H and O–H groups in total. The number of nitrogens with zero attached hydrogens (tertiary/aromatic N) is 2. The normalized spacial score (nSPS) is 15.9. The fourth-order valence-corrected chi connectivity index (χ4v) is 3.14. The molecular weight excluding hydrogens is 341 g/mol. The van der Waals surface area contributed by atoms with Crippen molar-refractivity contribution >= 4 is 23.2 Å². The maximum absolute atomic E-state index is 13.1. The number of hydrogen-bond acceptors (Lipinski definition) is 3. The first-order valence-electron chi connectivity index (χ1n) is 8.34. The van der Waals surface area contributed by atoms with Gasteiger partial charge in [-0.05, 0) is 29.8 Å². The van der Waals surface area contributed by atoms with E-state index < -0.39 is 0 Å². The van der Waals surface area contributed by atoms with E-state index in [9.17, 15) is 9.18 Å². The molecule has 1 aliphatic heterocycles. The van der Waals surface area contributed by atoms with Crippen molar-refractivity contribution in [3.63, 3.8) is 0 Å². The lowest BCUT2D eigenvalue weighted by Gasteiger charge is -2.34. The number of rotatable bonds is 5. The molecule has 6 heteroatoms. The molecule has 0 radical (unpaired) electrons. The van der Waals surface area contributed by atoms with Crippen LogP contribution in [0.5, 0.6) is 0 Å². The highest BCUT2D eigenvalue weighted by atomic mass is 35.5. The van der Waals surface area contributed by atoms with Crippen LogP contribution < -0.4 is 5.32 Å². The Morgan fingerprint density at radius 3 is 2.48 bits per heavy atom. The molecule has 1 heterocycles. The summed E-state index contributed by atoms with van der Waals surface area (Å²) >= 11 is 6.21. The van der Waals surface area contributed by atoms with Crippen LogP contribution in [0.15, 0.2) is 48.5 Å². The van der Waals surface area contributed by atoms with Crippen LogP contribution in [-0.4, -0.2) is 48.4 Å². The van der Waals surface area contributed by atoms with Crippen molar-refractivity contribution in [1.82, 2.24) is 9.80 Å². The van der Waals surface area contributed by atoms with E-state index in [2.05, 4.69) is 15.1 Å². The van der Waals surface area contributed by atoms with Gasteiger partial charge in [-0.15, -0.1) is 0 Å². The van der Waals surface area contributed by atoms with Crippen LogP contribution in [-0.2, 0) is 11.3 Å². The molecular formula is C19H21ClFN3O. The molecule has 1 fully saturated rings. The molecule has 0 saturated carbocycles. The summed E-state index contributed by atoms with van der Waals surface area (Å²) in [5.41, 5.74) is 1.61. The first kappa shape index (κ1) is 17.9. The van der Waals surface area contributed by atoms with Crippen LogP contribution in [0.2, 0.25) is 5.02 Å². The summed E-state index contributed by atoms with van der Waals surface area (Å²) in [5.74, 6) is -0.476. The number of hydrogen-bond donors (Lipinski definition) is 1. The maximum atomic E-state index is 13.1. The summed E-state index contributed by atoms with van der Waals surface area (Å²) in [4.78, 5) is 16.5. The summed E-state index contributed by atoms with van der Waals surface area (Å²) < 4.78 is 13.1. The van der Waals surface area contributed by atoms with E-state index in [1.807, 2.05) is 24.3 Å². The van der Waals surface area contributed by atoms with Gasteiger partial charge in [0.25, 0.3) is 0 Å². The second-order valence-electron chi connectivity index (χ2n) is 6.20. The lowest BCUT2D eigenvalue weighted by molar-refractivity contribution is -0.117. The largest absolute Gasteiger partial charge is 0.325 e. The Kier molecular flexibility index (Phi) is 6.02. The molecule has 0 unspecified atom stereocenters. The number of carbonyl (C=O) groups excluding carboxylic acids is 1. The highest BCUT2D eigenvalue weighted by Gasteiger charge is 2.19. The van der Waals surface area contributed by atoms with E-state index in [0.717, 1.165) is 43.3 Å². The molecule has 0 bridgehead atoms. The number of amides is 1. The predicted octanol–water partition coefficient (Wildman–Crippen LogP) is 3.24. The minimum atomic E-state index is -0.356. The van der Waals surface area contributed by atoms with Gasteiger partial charge in [-0.25, -0.2) is 4.39 Å². The molecule has 1 amide bonds. The monoisotopic (exact) mass is 361 g/mol. The SMILES string of the molecule is O=C(CN1CCN(Cc2ccccc2Cl)CC1)Nc1cccc(F)c1. The van der Waals surface area contributed by atoms with Crippen LogP contribution in [0, 0.1) is 5.82 Å². The second kappa shape index (κ2) is 8.43. The summed E-state index contributed by atoms with van der Waals surface area (Å²) in [6.07, 6.45) is 0. The van der Waals surface area contributed by atoms with Crippen molar-refractivity contribution in [3.05, 3.63) is 64.9 Å². The lowest BCUT2D eigenvalue weighted by Crippen LogP contribution is -2.48. The molecule has 1 aliphatic rings. The number of anilines is 1. The molecule has 1 saturated heterocycles. The summed E-state index contributed by atoms with van der Waals surface area (Å²) in [5, 5.41) is 3.53. The van der Waals surface area contributed by atoms with Gasteiger partial charge in [-0.2, -0.15) is 0 Å². The van der Waals surface area contributed by atoms with Crippen molar-refractivity contribution in [3.8, 4) is 0 Å². The molecule has 2 aromatic rings. The van der Waals surface area contributed by atoms with Crippen molar-refractivity contribution in [1.29, 1.82) is 0 Å². The van der Waals surface area contributed by atoms with Gasteiger partial charge in [0, 0.05) is 43.4 Å². The van der Waals surface area contributed by atoms with Crippen LogP contribution in [0.4, 0.5) is 10.1 Å². The fourth-order valence-electron chi connectivity index (χ4n) is 2.94. The molecule has 0 aromatic heterocycles. The highest BCUT2D eigenvalue weighted by Crippen LogP contribution is 2.18. The maximum Gasteiger partial charge on any atom is 0.238 e. The highest BCUT2D eigenvalue weighted by molar-refractivity contribution is 6.31. The third-order valence-electron chi connectivity index (χ3n) is 4.29. The van der Waals surface area contributed by atoms with Crippen molar-refractivity contribution < 1.29 is 9.18 Å². The molecule has 3 rings (SSSR count). The Morgan fingerprint density at radius 1 is 1.04 bits per heavy atom. The zero-order chi connectivity index (χ0) is 17.6. The van der Waals surface area contributed by atoms with Gasteiger partial charge in [0.1, 0.15) is 5.82 Å². The minimum absolute atomic E-state index is 0.120. The second-order valence-corrected chi connectivity index (χ2v) is 6.61. The number of nitrogens with one attached hydrogen (secondary N) is 1. The van der Waals surface area contributed by atoms with Gasteiger partial charge in [-0.3, -0.25) is 14.6 Å². The van der Waals surface area contributed by atoms with E-state index >= 15 is 0 Å². The third-order valence-corrected chi connectivity index (χ3v) is 4.66. The average Bonchev–Trinajstić information content (AvgIpc) is 2.58. The zero-order valence-corrected chi connectivity index (χ0v) is 14.7. The van der Waals surface area contributed by atoms with E-state index in [1.165, 1.54) is 12.1 Å². The van der Waals surface area contributed by atoms with Gasteiger partial charge >= 0.3 is 0 Å². The van der Waals surface area contributed by atoms with Crippen LogP contribution >= 0.6 is 11.6 Å². The standard InChI is InChI=1S/C19H21ClFN3O/c20-18-7-2-1-4-15(18)13-23-8-10-24(11-9-23)14-19(25)22-17-6-3-5-16(21)12-17/h1-7,12H,8-11,13-14H2,(H,22,25). The van der Waals surface area contributed by atoms with E-state index in [-0.39, 0.29) is 11.7 Å². The molecule has 0 spiro atoms. The first-order valence-corrected chi connectivity index (χ1v) is 8.71. The van der Waals surface area contributed by atoms with Gasteiger partial charge in [-0.1, -0.05) is 35.9 Å². The first-order chi connectivity index (χ1) is 12.1. The number of carbonyl (C=O) groups is 1. The van der Waals surface area contributed by atoms with Crippen LogP contribution in [0.25, 0.3) is 0 Å². The Hall–Kier alpha value is -1.95. The quantitative estimate of drug-likeness (QED) is 0.888. The number of halogens is 2. The van der Waals surface area contributed by atoms with Crippen molar-refractivity contribution in [2.24, 2.45) is 0 Å². The molecule has 132 valence electrons. The van der Waals surface area contributed by atoms with Crippen LogP contribution in [0.1, 0.15) is 5.56 Å². The average molecular weight is 362 g/mol. The van der Waals surface area contributed by atoms with E-state index in [1.54, 1.807) is 12.1 Å². The molecule has 2 aromatic carbocycles. The van der Waals surface area contributed by atoms with Crippen molar-refractivity contribution in [2.75, 3.05) is 38.0 Å². The topological polar surface area (TPSA) is 35.6 Å². The Morgan fingerprint density at radius 2 is 1.76 bits per heavy atom. The fraction of sp³-hybridized carbons (Fsp3) is 0.316. The van der Waals surface area contributed by atoms with Gasteiger partial charge < -0.3 is 5.32 Å². The zero-order valence-electron chi connectivity index (χ0n) is 13.9. The lowest BCUT2D eigenvalue weighted by atomic mass is 10.2. The van der Waals surface area contributed by atoms with Gasteiger partial charge in [0.2, 0.25) is 5.91 Å². The van der Waals surface area contributed by atoms with Crippen molar-refractivity contribution in [2.45, 2.75) is 6.54 Å². The minimum Gasteiger partial charge on any atom is -0.325 e. The Bertz CT molecular complexity index is 732. The Labute approximate surface area is 152 Å². The summed E-state index contributed by atoms with van der Waals surface area (Å²) in [6, 6.07) is 13.8. The van der Waals surface area contributed by atoms with Gasteiger partial charge in [0.05, 0.1) is 6.54 Å². The predicted molar refractivity (Wildman–Crippen MR) is 98.2 cm³/mol. The number of piperazine rings is 1. The van der Waals surface area contributed by atoms with E-state index in [4.69, 9.17) is 11.6 Å².